The van der Waals surface area contributed by atoms with Crippen LogP contribution >= 0.6 is 23.2 Å². The molecule has 2 atom stereocenters. The standard InChI is InChI=1S/C21H24Cl2FN3O2S/c1-15-12-21(9-10-26(15)13-16-5-3-8-19(22)20(16)23)14-25(2)30(28,29)27(21)18-7-4-6-17(24)11-18/h3-8,11,15H,9-10,12-14H2,1-2H3/t15-,21+/m0/s1. The molecule has 2 fully saturated rings. The second-order valence-electron chi connectivity index (χ2n) is 8.22. The topological polar surface area (TPSA) is 43.9 Å². The van der Waals surface area contributed by atoms with E-state index in [1.54, 1.807) is 25.2 Å². The Morgan fingerprint density at radius 1 is 1.20 bits per heavy atom. The number of benzene rings is 2. The summed E-state index contributed by atoms with van der Waals surface area (Å²) in [6, 6.07) is 11.5. The number of anilines is 1. The molecule has 2 aromatic carbocycles. The Hall–Kier alpha value is -1.38. The van der Waals surface area contributed by atoms with Crippen LogP contribution in [-0.2, 0) is 16.8 Å². The second kappa shape index (κ2) is 7.95. The minimum absolute atomic E-state index is 0.103. The molecule has 4 rings (SSSR count). The van der Waals surface area contributed by atoms with Crippen LogP contribution in [0.5, 0.6) is 0 Å². The molecule has 162 valence electrons. The molecular weight excluding hydrogens is 448 g/mol. The van der Waals surface area contributed by atoms with Gasteiger partial charge in [0.2, 0.25) is 0 Å². The van der Waals surface area contributed by atoms with Crippen molar-refractivity contribution in [2.75, 3.05) is 24.4 Å². The fourth-order valence-corrected chi connectivity index (χ4v) is 6.91. The van der Waals surface area contributed by atoms with Gasteiger partial charge >= 0.3 is 10.2 Å². The quantitative estimate of drug-likeness (QED) is 0.659. The predicted molar refractivity (Wildman–Crippen MR) is 119 cm³/mol. The monoisotopic (exact) mass is 471 g/mol. The molecule has 0 saturated carbocycles. The number of halogens is 3. The van der Waals surface area contributed by atoms with Crippen LogP contribution in [0.3, 0.4) is 0 Å². The van der Waals surface area contributed by atoms with Gasteiger partial charge in [0, 0.05) is 32.7 Å². The molecule has 0 amide bonds. The van der Waals surface area contributed by atoms with Gasteiger partial charge in [-0.1, -0.05) is 41.4 Å². The largest absolute Gasteiger partial charge is 0.304 e. The minimum Gasteiger partial charge on any atom is -0.296 e. The number of likely N-dealkylation sites (N-methyl/N-ethyl adjacent to an activating group) is 1. The zero-order chi connectivity index (χ0) is 21.7. The van der Waals surface area contributed by atoms with Gasteiger partial charge in [-0.2, -0.15) is 12.7 Å². The molecule has 0 N–H and O–H groups in total. The summed E-state index contributed by atoms with van der Waals surface area (Å²) in [5, 5.41) is 1.08. The third-order valence-electron chi connectivity index (χ3n) is 6.18. The summed E-state index contributed by atoms with van der Waals surface area (Å²) < 4.78 is 43.0. The normalized spacial score (nSPS) is 27.1. The molecule has 2 aliphatic heterocycles. The molecule has 2 aromatic rings. The third-order valence-corrected chi connectivity index (χ3v) is 9.02. The molecule has 2 aliphatic rings. The van der Waals surface area contributed by atoms with Crippen LogP contribution in [0, 0.1) is 5.82 Å². The van der Waals surface area contributed by atoms with Crippen molar-refractivity contribution in [2.45, 2.75) is 37.9 Å². The summed E-state index contributed by atoms with van der Waals surface area (Å²) in [6.45, 7) is 3.80. The maximum Gasteiger partial charge on any atom is 0.304 e. The van der Waals surface area contributed by atoms with E-state index in [1.165, 1.54) is 20.7 Å². The van der Waals surface area contributed by atoms with Gasteiger partial charge in [-0.25, -0.2) is 4.39 Å². The molecule has 9 heteroatoms. The van der Waals surface area contributed by atoms with Crippen molar-refractivity contribution in [3.05, 3.63) is 63.9 Å². The van der Waals surface area contributed by atoms with E-state index in [1.807, 2.05) is 12.1 Å². The first kappa shape index (κ1) is 21.8. The van der Waals surface area contributed by atoms with Crippen LogP contribution in [0.1, 0.15) is 25.3 Å². The van der Waals surface area contributed by atoms with Crippen molar-refractivity contribution in [3.8, 4) is 0 Å². The lowest BCUT2D eigenvalue weighted by Crippen LogP contribution is -2.57. The summed E-state index contributed by atoms with van der Waals surface area (Å²) in [4.78, 5) is 2.29. The van der Waals surface area contributed by atoms with Crippen molar-refractivity contribution in [1.29, 1.82) is 0 Å². The maximum absolute atomic E-state index is 13.9. The second-order valence-corrected chi connectivity index (χ2v) is 10.9. The molecule has 30 heavy (non-hydrogen) atoms. The first-order chi connectivity index (χ1) is 14.1. The van der Waals surface area contributed by atoms with E-state index in [2.05, 4.69) is 11.8 Å². The van der Waals surface area contributed by atoms with Crippen LogP contribution in [0.4, 0.5) is 10.1 Å². The summed E-state index contributed by atoms with van der Waals surface area (Å²) >= 11 is 12.5. The molecule has 0 unspecified atom stereocenters. The van der Waals surface area contributed by atoms with Crippen molar-refractivity contribution in [3.63, 3.8) is 0 Å². The number of nitrogens with zero attached hydrogens (tertiary/aromatic N) is 3. The lowest BCUT2D eigenvalue weighted by molar-refractivity contribution is 0.100. The van der Waals surface area contributed by atoms with E-state index in [-0.39, 0.29) is 6.04 Å². The van der Waals surface area contributed by atoms with Crippen molar-refractivity contribution >= 4 is 39.1 Å². The Bertz CT molecular complexity index is 1070. The van der Waals surface area contributed by atoms with Gasteiger partial charge in [-0.15, -0.1) is 0 Å². The molecule has 0 radical (unpaired) electrons. The molecule has 0 aliphatic carbocycles. The van der Waals surface area contributed by atoms with Crippen LogP contribution in [-0.4, -0.2) is 49.3 Å². The zero-order valence-corrected chi connectivity index (χ0v) is 19.2. The average Bonchev–Trinajstić information content (AvgIpc) is 2.86. The van der Waals surface area contributed by atoms with Crippen LogP contribution in [0.25, 0.3) is 0 Å². The van der Waals surface area contributed by atoms with E-state index in [0.717, 1.165) is 5.56 Å². The first-order valence-electron chi connectivity index (χ1n) is 9.83. The molecular formula is C21H24Cl2FN3O2S. The Morgan fingerprint density at radius 3 is 2.63 bits per heavy atom. The third kappa shape index (κ3) is 3.71. The van der Waals surface area contributed by atoms with Crippen LogP contribution < -0.4 is 4.31 Å². The van der Waals surface area contributed by atoms with E-state index in [9.17, 15) is 12.8 Å². The molecule has 0 bridgehead atoms. The number of hydrogen-bond acceptors (Lipinski definition) is 3. The van der Waals surface area contributed by atoms with Gasteiger partial charge in [0.1, 0.15) is 5.82 Å². The van der Waals surface area contributed by atoms with E-state index in [0.29, 0.717) is 48.2 Å². The van der Waals surface area contributed by atoms with Crippen molar-refractivity contribution in [1.82, 2.24) is 9.21 Å². The highest BCUT2D eigenvalue weighted by atomic mass is 35.5. The van der Waals surface area contributed by atoms with Gasteiger partial charge in [0.05, 0.1) is 21.3 Å². The Labute approximate surface area is 187 Å². The lowest BCUT2D eigenvalue weighted by Gasteiger charge is -2.47. The van der Waals surface area contributed by atoms with Gasteiger partial charge in [-0.3, -0.25) is 9.21 Å². The minimum atomic E-state index is -3.71. The summed E-state index contributed by atoms with van der Waals surface area (Å²) in [5.74, 6) is -0.450. The van der Waals surface area contributed by atoms with E-state index >= 15 is 0 Å². The highest BCUT2D eigenvalue weighted by Crippen LogP contribution is 2.44. The summed E-state index contributed by atoms with van der Waals surface area (Å²) in [7, 11) is -2.13. The number of rotatable bonds is 3. The molecule has 1 spiro atoms. The average molecular weight is 472 g/mol. The van der Waals surface area contributed by atoms with Crippen molar-refractivity contribution < 1.29 is 12.8 Å². The van der Waals surface area contributed by atoms with Crippen molar-refractivity contribution in [2.24, 2.45) is 0 Å². The molecule has 2 saturated heterocycles. The number of piperidine rings is 1. The Balaban J connectivity index is 1.63. The maximum atomic E-state index is 13.9. The van der Waals surface area contributed by atoms with Gasteiger partial charge in [-0.05, 0) is 49.6 Å². The highest BCUT2D eigenvalue weighted by molar-refractivity contribution is 7.90. The number of hydrogen-bond donors (Lipinski definition) is 0. The van der Waals surface area contributed by atoms with E-state index < -0.39 is 21.6 Å². The van der Waals surface area contributed by atoms with Crippen LogP contribution in [0.15, 0.2) is 42.5 Å². The molecule has 5 nitrogen and oxygen atoms in total. The zero-order valence-electron chi connectivity index (χ0n) is 16.9. The first-order valence-corrected chi connectivity index (χ1v) is 12.0. The van der Waals surface area contributed by atoms with Gasteiger partial charge in [0.25, 0.3) is 0 Å². The molecule has 2 heterocycles. The fourth-order valence-electron chi connectivity index (χ4n) is 4.76. The van der Waals surface area contributed by atoms with Gasteiger partial charge < -0.3 is 0 Å². The fraction of sp³-hybridized carbons (Fsp3) is 0.429. The summed E-state index contributed by atoms with van der Waals surface area (Å²) in [5.41, 5.74) is 0.707. The Kier molecular flexibility index (Phi) is 5.79. The highest BCUT2D eigenvalue weighted by Gasteiger charge is 2.55. The van der Waals surface area contributed by atoms with Crippen LogP contribution in [0.2, 0.25) is 10.0 Å². The SMILES string of the molecule is C[C@H]1C[C@]2(CCN1Cc1cccc(Cl)c1Cl)CN(C)S(=O)(=O)N2c1cccc(F)c1. The summed E-state index contributed by atoms with van der Waals surface area (Å²) in [6.07, 6.45) is 1.26. The predicted octanol–water partition coefficient (Wildman–Crippen LogP) is 4.55. The smallest absolute Gasteiger partial charge is 0.296 e. The molecule has 0 aromatic heterocycles. The lowest BCUT2D eigenvalue weighted by atomic mass is 9.82. The van der Waals surface area contributed by atoms with Gasteiger partial charge in [0.15, 0.2) is 0 Å². The number of likely N-dealkylation sites (tertiary alicyclic amines) is 1. The van der Waals surface area contributed by atoms with E-state index in [4.69, 9.17) is 23.2 Å². The Morgan fingerprint density at radius 2 is 1.93 bits per heavy atom.